The number of para-hydroxylation sites is 3. The highest BCUT2D eigenvalue weighted by atomic mass is 16.5. The molecule has 0 fully saturated rings. The molecule has 3 rings (SSSR count). The third-order valence-electron chi connectivity index (χ3n) is 5.04. The first-order chi connectivity index (χ1) is 14.9. The van der Waals surface area contributed by atoms with Crippen LogP contribution in [-0.4, -0.2) is 13.2 Å². The zero-order valence-electron chi connectivity index (χ0n) is 18.0. The van der Waals surface area contributed by atoms with Crippen molar-refractivity contribution in [2.45, 2.75) is 45.6 Å². The van der Waals surface area contributed by atoms with E-state index in [1.54, 1.807) is 0 Å². The summed E-state index contributed by atoms with van der Waals surface area (Å²) in [5.41, 5.74) is 3.52. The summed E-state index contributed by atoms with van der Waals surface area (Å²) in [6.07, 6.45) is 5.52. The molecule has 3 nitrogen and oxygen atoms in total. The van der Waals surface area contributed by atoms with Gasteiger partial charge in [-0.2, -0.15) is 0 Å². The van der Waals surface area contributed by atoms with Gasteiger partial charge >= 0.3 is 0 Å². The second kappa shape index (κ2) is 12.6. The number of hydrogen-bond donors (Lipinski definition) is 1. The third-order valence-corrected chi connectivity index (χ3v) is 5.04. The van der Waals surface area contributed by atoms with E-state index in [1.807, 2.05) is 24.3 Å². The maximum atomic E-state index is 6.08. The summed E-state index contributed by atoms with van der Waals surface area (Å²) in [7, 11) is 0. The van der Waals surface area contributed by atoms with Crippen LogP contribution in [0.2, 0.25) is 0 Å². The first-order valence-corrected chi connectivity index (χ1v) is 11.1. The summed E-state index contributed by atoms with van der Waals surface area (Å²) < 4.78 is 12.1. The van der Waals surface area contributed by atoms with Crippen molar-refractivity contribution in [2.75, 3.05) is 18.5 Å². The van der Waals surface area contributed by atoms with E-state index in [1.165, 1.54) is 18.4 Å². The predicted molar refractivity (Wildman–Crippen MR) is 125 cm³/mol. The topological polar surface area (TPSA) is 30.5 Å². The van der Waals surface area contributed by atoms with Gasteiger partial charge in [0.15, 0.2) is 0 Å². The van der Waals surface area contributed by atoms with E-state index >= 15 is 0 Å². The molecule has 0 aliphatic rings. The number of anilines is 1. The first-order valence-electron chi connectivity index (χ1n) is 11.1. The van der Waals surface area contributed by atoms with Crippen LogP contribution in [0.1, 0.15) is 43.7 Å². The molecule has 0 aliphatic carbocycles. The minimum atomic E-state index is 0.699. The number of unbranched alkanes of at least 4 members (excludes halogenated alkanes) is 2. The molecule has 0 spiro atoms. The Hall–Kier alpha value is -2.94. The molecule has 3 aromatic rings. The minimum Gasteiger partial charge on any atom is -0.493 e. The lowest BCUT2D eigenvalue weighted by atomic mass is 10.1. The van der Waals surface area contributed by atoms with Gasteiger partial charge in [-0.15, -0.1) is 0 Å². The lowest BCUT2D eigenvalue weighted by Crippen LogP contribution is -2.06. The number of rotatable bonds is 13. The van der Waals surface area contributed by atoms with Crippen molar-refractivity contribution in [2.24, 2.45) is 0 Å². The molecule has 1 N–H and O–H groups in total. The predicted octanol–water partition coefficient (Wildman–Crippen LogP) is 6.88. The van der Waals surface area contributed by atoms with Crippen LogP contribution in [0.5, 0.6) is 11.5 Å². The van der Waals surface area contributed by atoms with Crippen molar-refractivity contribution in [3.63, 3.8) is 0 Å². The molecule has 0 aromatic heterocycles. The average molecular weight is 404 g/mol. The van der Waals surface area contributed by atoms with Crippen molar-refractivity contribution in [1.82, 2.24) is 0 Å². The van der Waals surface area contributed by atoms with E-state index in [9.17, 15) is 0 Å². The van der Waals surface area contributed by atoms with E-state index < -0.39 is 0 Å². The normalized spacial score (nSPS) is 10.6. The van der Waals surface area contributed by atoms with Crippen molar-refractivity contribution < 1.29 is 9.47 Å². The van der Waals surface area contributed by atoms with Gasteiger partial charge < -0.3 is 14.8 Å². The van der Waals surface area contributed by atoms with Crippen LogP contribution in [0.15, 0.2) is 78.9 Å². The number of benzene rings is 3. The van der Waals surface area contributed by atoms with E-state index in [0.717, 1.165) is 48.6 Å². The Kier molecular flexibility index (Phi) is 9.13. The maximum Gasteiger partial charge on any atom is 0.142 e. The molecule has 30 heavy (non-hydrogen) atoms. The molecule has 0 saturated carbocycles. The SMILES string of the molecule is CCCCCOc1ccccc1CNc1ccccc1OCCCc1ccccc1. The summed E-state index contributed by atoms with van der Waals surface area (Å²) in [4.78, 5) is 0. The van der Waals surface area contributed by atoms with Crippen LogP contribution < -0.4 is 14.8 Å². The van der Waals surface area contributed by atoms with Crippen molar-refractivity contribution in [1.29, 1.82) is 0 Å². The van der Waals surface area contributed by atoms with Gasteiger partial charge in [0, 0.05) is 12.1 Å². The summed E-state index contributed by atoms with van der Waals surface area (Å²) >= 11 is 0. The molecule has 0 bridgehead atoms. The number of hydrogen-bond acceptors (Lipinski definition) is 3. The molecule has 158 valence electrons. The Morgan fingerprint density at radius 2 is 1.33 bits per heavy atom. The van der Waals surface area contributed by atoms with Crippen LogP contribution in [0.4, 0.5) is 5.69 Å². The molecule has 0 saturated heterocycles. The fourth-order valence-corrected chi connectivity index (χ4v) is 3.36. The Balaban J connectivity index is 1.51. The van der Waals surface area contributed by atoms with Crippen molar-refractivity contribution in [3.8, 4) is 11.5 Å². The number of aryl methyl sites for hydroxylation is 1. The fraction of sp³-hybridized carbons (Fsp3) is 0.333. The van der Waals surface area contributed by atoms with E-state index in [-0.39, 0.29) is 0 Å². The van der Waals surface area contributed by atoms with Crippen LogP contribution in [-0.2, 0) is 13.0 Å². The third kappa shape index (κ3) is 7.14. The largest absolute Gasteiger partial charge is 0.493 e. The van der Waals surface area contributed by atoms with Crippen molar-refractivity contribution >= 4 is 5.69 Å². The van der Waals surface area contributed by atoms with Gasteiger partial charge in [0.1, 0.15) is 11.5 Å². The number of nitrogens with one attached hydrogen (secondary N) is 1. The highest BCUT2D eigenvalue weighted by Gasteiger charge is 2.06. The Morgan fingerprint density at radius 3 is 2.17 bits per heavy atom. The van der Waals surface area contributed by atoms with Crippen LogP contribution in [0, 0.1) is 0 Å². The van der Waals surface area contributed by atoms with Crippen LogP contribution >= 0.6 is 0 Å². The van der Waals surface area contributed by atoms with Crippen LogP contribution in [0.3, 0.4) is 0 Å². The Labute approximate surface area is 181 Å². The van der Waals surface area contributed by atoms with Gasteiger partial charge in [-0.3, -0.25) is 0 Å². The summed E-state index contributed by atoms with van der Waals surface area (Å²) in [5, 5.41) is 3.53. The highest BCUT2D eigenvalue weighted by Crippen LogP contribution is 2.26. The molecular formula is C27H33NO2. The molecular weight excluding hydrogens is 370 g/mol. The summed E-state index contributed by atoms with van der Waals surface area (Å²) in [6.45, 7) is 4.38. The molecule has 0 heterocycles. The Bertz CT molecular complexity index is 864. The quantitative estimate of drug-likeness (QED) is 0.316. The van der Waals surface area contributed by atoms with Crippen molar-refractivity contribution in [3.05, 3.63) is 90.0 Å². The van der Waals surface area contributed by atoms with Gasteiger partial charge in [0.25, 0.3) is 0 Å². The molecule has 3 heteroatoms. The van der Waals surface area contributed by atoms with E-state index in [2.05, 4.69) is 66.8 Å². The van der Waals surface area contributed by atoms with Crippen LogP contribution in [0.25, 0.3) is 0 Å². The van der Waals surface area contributed by atoms with Gasteiger partial charge in [0.05, 0.1) is 18.9 Å². The smallest absolute Gasteiger partial charge is 0.142 e. The van der Waals surface area contributed by atoms with Gasteiger partial charge in [0.2, 0.25) is 0 Å². The van der Waals surface area contributed by atoms with Gasteiger partial charge in [-0.25, -0.2) is 0 Å². The minimum absolute atomic E-state index is 0.699. The molecule has 0 aliphatic heterocycles. The van der Waals surface area contributed by atoms with Gasteiger partial charge in [-0.05, 0) is 43.0 Å². The molecule has 0 atom stereocenters. The Morgan fingerprint density at radius 1 is 0.667 bits per heavy atom. The standard InChI is InChI=1S/C27H33NO2/c1-2-3-11-20-29-26-18-9-7-16-24(26)22-28-25-17-8-10-19-27(25)30-21-12-15-23-13-5-4-6-14-23/h4-10,13-14,16-19,28H,2-3,11-12,15,20-22H2,1H3. The zero-order chi connectivity index (χ0) is 20.9. The van der Waals surface area contributed by atoms with E-state index in [0.29, 0.717) is 13.2 Å². The molecule has 3 aromatic carbocycles. The number of ether oxygens (including phenoxy) is 2. The summed E-state index contributed by atoms with van der Waals surface area (Å²) in [6, 6.07) is 26.9. The monoisotopic (exact) mass is 403 g/mol. The molecule has 0 unspecified atom stereocenters. The second-order valence-corrected chi connectivity index (χ2v) is 7.45. The highest BCUT2D eigenvalue weighted by molar-refractivity contribution is 5.56. The zero-order valence-corrected chi connectivity index (χ0v) is 18.0. The lowest BCUT2D eigenvalue weighted by molar-refractivity contribution is 0.303. The molecule has 0 amide bonds. The molecule has 0 radical (unpaired) electrons. The maximum absolute atomic E-state index is 6.08. The van der Waals surface area contributed by atoms with E-state index in [4.69, 9.17) is 9.47 Å². The fourth-order valence-electron chi connectivity index (χ4n) is 3.36. The average Bonchev–Trinajstić information content (AvgIpc) is 2.80. The van der Waals surface area contributed by atoms with Gasteiger partial charge in [-0.1, -0.05) is 80.4 Å². The summed E-state index contributed by atoms with van der Waals surface area (Å²) in [5.74, 6) is 1.86. The first kappa shape index (κ1) is 21.8. The second-order valence-electron chi connectivity index (χ2n) is 7.45. The lowest BCUT2D eigenvalue weighted by Gasteiger charge is -2.15.